The second kappa shape index (κ2) is 4.07. The highest BCUT2D eigenvalue weighted by molar-refractivity contribution is 4.95. The van der Waals surface area contributed by atoms with E-state index in [4.69, 9.17) is 24.6 Å². The van der Waals surface area contributed by atoms with Crippen LogP contribution in [0.15, 0.2) is 0 Å². The Morgan fingerprint density at radius 3 is 2.29 bits per heavy atom. The summed E-state index contributed by atoms with van der Waals surface area (Å²) < 4.78 is 15.9. The van der Waals surface area contributed by atoms with E-state index in [-0.39, 0.29) is 30.3 Å². The van der Waals surface area contributed by atoms with Gasteiger partial charge in [0.1, 0.15) is 24.4 Å². The Morgan fingerprint density at radius 2 is 1.71 bits per heavy atom. The van der Waals surface area contributed by atoms with E-state index in [1.165, 1.54) is 0 Å². The van der Waals surface area contributed by atoms with Crippen LogP contribution in [-0.2, 0) is 19.0 Å². The van der Waals surface area contributed by atoms with E-state index in [2.05, 4.69) is 4.84 Å². The molecule has 2 N–H and O–H groups in total. The summed E-state index contributed by atoms with van der Waals surface area (Å²) >= 11 is 0. The summed E-state index contributed by atoms with van der Waals surface area (Å²) in [6, 6.07) is 0. The zero-order chi connectivity index (χ0) is 10.1. The highest BCUT2D eigenvalue weighted by Gasteiger charge is 2.49. The minimum absolute atomic E-state index is 0.112. The molecule has 2 aliphatic heterocycles. The van der Waals surface area contributed by atoms with Gasteiger partial charge in [0.2, 0.25) is 0 Å². The molecule has 7 heteroatoms. The van der Waals surface area contributed by atoms with E-state index in [0.717, 1.165) is 0 Å². The number of fused-ring (bicyclic) bond motifs is 1. The van der Waals surface area contributed by atoms with Gasteiger partial charge in [0.25, 0.3) is 0 Å². The molecule has 2 aliphatic rings. The molecule has 0 amide bonds. The lowest BCUT2D eigenvalue weighted by molar-refractivity contribution is -0.507. The van der Waals surface area contributed by atoms with E-state index in [1.54, 1.807) is 7.11 Å². The maximum absolute atomic E-state index is 8.48. The first-order valence-electron chi connectivity index (χ1n) is 4.33. The van der Waals surface area contributed by atoms with Crippen LogP contribution in [0.3, 0.4) is 0 Å². The van der Waals surface area contributed by atoms with Crippen molar-refractivity contribution in [3.8, 4) is 0 Å². The van der Waals surface area contributed by atoms with Crippen molar-refractivity contribution in [1.29, 1.82) is 0 Å². The molecule has 0 aromatic rings. The molecular formula is C7H13NO6. The molecule has 14 heavy (non-hydrogen) atoms. The van der Waals surface area contributed by atoms with Crippen LogP contribution in [0.2, 0.25) is 0 Å². The van der Waals surface area contributed by atoms with E-state index < -0.39 is 6.10 Å². The molecule has 0 spiro atoms. The summed E-state index contributed by atoms with van der Waals surface area (Å²) in [5.74, 6) is 0. The van der Waals surface area contributed by atoms with Crippen LogP contribution in [0.4, 0.5) is 0 Å². The highest BCUT2D eigenvalue weighted by atomic mass is 17.1. The third-order valence-corrected chi connectivity index (χ3v) is 2.49. The molecule has 0 aliphatic carbocycles. The Morgan fingerprint density at radius 1 is 1.14 bits per heavy atom. The molecule has 0 aromatic heterocycles. The molecule has 0 aromatic carbocycles. The fraction of sp³-hybridized carbons (Fsp3) is 1.00. The minimum atomic E-state index is -0.504. The van der Waals surface area contributed by atoms with Gasteiger partial charge in [0.15, 0.2) is 0 Å². The van der Waals surface area contributed by atoms with E-state index in [0.29, 0.717) is 6.61 Å². The monoisotopic (exact) mass is 207 g/mol. The molecule has 2 fully saturated rings. The third kappa shape index (κ3) is 1.75. The van der Waals surface area contributed by atoms with Gasteiger partial charge >= 0.3 is 0 Å². The van der Waals surface area contributed by atoms with Crippen LogP contribution in [0.1, 0.15) is 0 Å². The fourth-order valence-corrected chi connectivity index (χ4v) is 1.84. The molecule has 82 valence electrons. The average molecular weight is 207 g/mol. The van der Waals surface area contributed by atoms with Gasteiger partial charge in [-0.15, -0.1) is 0 Å². The summed E-state index contributed by atoms with van der Waals surface area (Å²) in [5.41, 5.74) is 0. The molecule has 2 saturated heterocycles. The van der Waals surface area contributed by atoms with Gasteiger partial charge in [0, 0.05) is 7.11 Å². The SMILES string of the molecule is CO[C@H]1CO[C@H]2[C@@H]1OC[C@H]2ON(O)O. The summed E-state index contributed by atoms with van der Waals surface area (Å²) in [6.07, 6.45) is -1.11. The third-order valence-electron chi connectivity index (χ3n) is 2.49. The van der Waals surface area contributed by atoms with Crippen molar-refractivity contribution in [3.05, 3.63) is 0 Å². The van der Waals surface area contributed by atoms with Gasteiger partial charge in [-0.3, -0.25) is 10.4 Å². The van der Waals surface area contributed by atoms with Crippen LogP contribution in [0.5, 0.6) is 0 Å². The lowest BCUT2D eigenvalue weighted by Gasteiger charge is -2.17. The zero-order valence-corrected chi connectivity index (χ0v) is 7.70. The van der Waals surface area contributed by atoms with Gasteiger partial charge in [-0.25, -0.2) is 4.84 Å². The number of nitrogens with zero attached hydrogens (tertiary/aromatic N) is 1. The van der Waals surface area contributed by atoms with Crippen molar-refractivity contribution < 1.29 is 29.5 Å². The Balaban J connectivity index is 1.94. The zero-order valence-electron chi connectivity index (χ0n) is 7.70. The maximum Gasteiger partial charge on any atom is 0.136 e. The smallest absolute Gasteiger partial charge is 0.136 e. The number of methoxy groups -OCH3 is 1. The van der Waals surface area contributed by atoms with Crippen molar-refractivity contribution in [3.63, 3.8) is 0 Å². The van der Waals surface area contributed by atoms with Crippen LogP contribution in [0.25, 0.3) is 0 Å². The average Bonchev–Trinajstić information content (AvgIpc) is 2.67. The molecule has 0 saturated carbocycles. The van der Waals surface area contributed by atoms with E-state index >= 15 is 0 Å². The molecular weight excluding hydrogens is 194 g/mol. The number of rotatable bonds is 3. The Kier molecular flexibility index (Phi) is 2.98. The van der Waals surface area contributed by atoms with Crippen molar-refractivity contribution >= 4 is 0 Å². The summed E-state index contributed by atoms with van der Waals surface area (Å²) in [7, 11) is 1.58. The standard InChI is InChI=1S/C7H13NO6/c1-11-4-2-12-7-5(14-8(9)10)3-13-6(4)7/h4-7,9-10H,2-3H2,1H3/t4-,5+,6+,7+/m0/s1. The first-order chi connectivity index (χ1) is 6.72. The molecule has 0 unspecified atom stereocenters. The van der Waals surface area contributed by atoms with Gasteiger partial charge in [-0.1, -0.05) is 0 Å². The first kappa shape index (κ1) is 10.2. The van der Waals surface area contributed by atoms with Crippen LogP contribution in [-0.4, -0.2) is 60.5 Å². The quantitative estimate of drug-likeness (QED) is 0.585. The Labute approximate surface area is 80.6 Å². The summed E-state index contributed by atoms with van der Waals surface area (Å²) in [4.78, 5) is 4.66. The van der Waals surface area contributed by atoms with Crippen LogP contribution < -0.4 is 0 Å². The predicted octanol–water partition coefficient (Wildman–Crippen LogP) is -0.820. The lowest BCUT2D eigenvalue weighted by atomic mass is 10.1. The lowest BCUT2D eigenvalue weighted by Crippen LogP contribution is -2.36. The Hall–Kier alpha value is -0.280. The molecule has 2 heterocycles. The molecule has 7 nitrogen and oxygen atoms in total. The van der Waals surface area contributed by atoms with Gasteiger partial charge in [-0.2, -0.15) is 0 Å². The van der Waals surface area contributed by atoms with Crippen molar-refractivity contribution in [2.75, 3.05) is 20.3 Å². The number of hydrogen-bond acceptors (Lipinski definition) is 7. The molecule has 0 radical (unpaired) electrons. The second-order valence-corrected chi connectivity index (χ2v) is 3.27. The van der Waals surface area contributed by atoms with Crippen LogP contribution >= 0.6 is 0 Å². The van der Waals surface area contributed by atoms with Crippen molar-refractivity contribution in [2.45, 2.75) is 24.4 Å². The predicted molar refractivity (Wildman–Crippen MR) is 40.6 cm³/mol. The van der Waals surface area contributed by atoms with Gasteiger partial charge in [0.05, 0.1) is 18.6 Å². The number of hydrogen-bond donors (Lipinski definition) is 2. The maximum atomic E-state index is 8.48. The highest BCUT2D eigenvalue weighted by Crippen LogP contribution is 2.30. The van der Waals surface area contributed by atoms with E-state index in [9.17, 15) is 0 Å². The van der Waals surface area contributed by atoms with Gasteiger partial charge < -0.3 is 14.2 Å². The second-order valence-electron chi connectivity index (χ2n) is 3.27. The van der Waals surface area contributed by atoms with Crippen molar-refractivity contribution in [1.82, 2.24) is 5.39 Å². The van der Waals surface area contributed by atoms with Crippen LogP contribution in [0, 0.1) is 0 Å². The largest absolute Gasteiger partial charge is 0.376 e. The minimum Gasteiger partial charge on any atom is -0.376 e. The van der Waals surface area contributed by atoms with E-state index in [1.807, 2.05) is 0 Å². The molecule has 2 rings (SSSR count). The summed E-state index contributed by atoms with van der Waals surface area (Å²) in [6.45, 7) is 0.690. The van der Waals surface area contributed by atoms with Gasteiger partial charge in [-0.05, 0) is 0 Å². The fourth-order valence-electron chi connectivity index (χ4n) is 1.84. The normalized spacial score (nSPS) is 42.0. The van der Waals surface area contributed by atoms with Crippen molar-refractivity contribution in [2.24, 2.45) is 0 Å². The number of ether oxygens (including phenoxy) is 3. The molecule has 4 atom stereocenters. The topological polar surface area (TPSA) is 80.6 Å². The Bertz CT molecular complexity index is 201. The first-order valence-corrected chi connectivity index (χ1v) is 4.33. The molecule has 0 bridgehead atoms. The summed E-state index contributed by atoms with van der Waals surface area (Å²) in [5, 5.41) is 16.6.